The monoisotopic (exact) mass is 339 g/mol. The first kappa shape index (κ1) is 15.3. The molecule has 2 nitrogen and oxygen atoms in total. The van der Waals surface area contributed by atoms with Gasteiger partial charge in [-0.2, -0.15) is 0 Å². The summed E-state index contributed by atoms with van der Waals surface area (Å²) in [6.45, 7) is 0. The first-order chi connectivity index (χ1) is 10.6. The summed E-state index contributed by atoms with van der Waals surface area (Å²) in [7, 11) is 0. The standard InChI is InChI=1S/C16H12ClF2NOS/c17-11-2-1-3-12(19)15(11)16(21)20-13-6-7-22-14-5-4-9(18)8-10(13)14/h1-5,8,13H,6-7H2,(H,20,21). The molecule has 1 heterocycles. The molecule has 1 aliphatic rings. The lowest BCUT2D eigenvalue weighted by Crippen LogP contribution is -2.31. The number of carbonyl (C=O) groups is 1. The van der Waals surface area contributed by atoms with Crippen molar-refractivity contribution in [1.29, 1.82) is 0 Å². The van der Waals surface area contributed by atoms with Crippen molar-refractivity contribution in [2.45, 2.75) is 17.4 Å². The average molecular weight is 340 g/mol. The molecule has 1 N–H and O–H groups in total. The van der Waals surface area contributed by atoms with Crippen molar-refractivity contribution in [2.24, 2.45) is 0 Å². The molecular weight excluding hydrogens is 328 g/mol. The Morgan fingerprint density at radius 1 is 1.27 bits per heavy atom. The van der Waals surface area contributed by atoms with E-state index < -0.39 is 11.7 Å². The summed E-state index contributed by atoms with van der Waals surface area (Å²) in [6.07, 6.45) is 0.652. The minimum Gasteiger partial charge on any atom is -0.345 e. The van der Waals surface area contributed by atoms with Gasteiger partial charge in [-0.05, 0) is 42.3 Å². The van der Waals surface area contributed by atoms with Gasteiger partial charge in [-0.3, -0.25) is 4.79 Å². The van der Waals surface area contributed by atoms with E-state index in [2.05, 4.69) is 5.32 Å². The predicted molar refractivity (Wildman–Crippen MR) is 83.4 cm³/mol. The zero-order valence-corrected chi connectivity index (χ0v) is 13.0. The molecular formula is C16H12ClF2NOS. The molecule has 0 aromatic heterocycles. The zero-order valence-electron chi connectivity index (χ0n) is 11.4. The summed E-state index contributed by atoms with van der Waals surface area (Å²) >= 11 is 7.51. The van der Waals surface area contributed by atoms with E-state index in [1.807, 2.05) is 0 Å². The van der Waals surface area contributed by atoms with Gasteiger partial charge in [0.1, 0.15) is 11.6 Å². The Kier molecular flexibility index (Phi) is 4.36. The molecule has 1 amide bonds. The van der Waals surface area contributed by atoms with Crippen LogP contribution < -0.4 is 5.32 Å². The van der Waals surface area contributed by atoms with Gasteiger partial charge in [0.25, 0.3) is 5.91 Å². The second kappa shape index (κ2) is 6.26. The highest BCUT2D eigenvalue weighted by atomic mass is 35.5. The lowest BCUT2D eigenvalue weighted by Gasteiger charge is -2.26. The van der Waals surface area contributed by atoms with Gasteiger partial charge in [0.05, 0.1) is 16.6 Å². The van der Waals surface area contributed by atoms with Gasteiger partial charge in [-0.1, -0.05) is 17.7 Å². The fourth-order valence-corrected chi connectivity index (χ4v) is 3.81. The number of thioether (sulfide) groups is 1. The molecule has 2 aromatic carbocycles. The van der Waals surface area contributed by atoms with Gasteiger partial charge in [0.15, 0.2) is 0 Å². The van der Waals surface area contributed by atoms with E-state index in [9.17, 15) is 13.6 Å². The van der Waals surface area contributed by atoms with E-state index in [0.717, 1.165) is 16.2 Å². The lowest BCUT2D eigenvalue weighted by molar-refractivity contribution is 0.0931. The number of hydrogen-bond acceptors (Lipinski definition) is 2. The zero-order chi connectivity index (χ0) is 15.7. The highest BCUT2D eigenvalue weighted by molar-refractivity contribution is 7.99. The first-order valence-corrected chi connectivity index (χ1v) is 8.10. The van der Waals surface area contributed by atoms with Gasteiger partial charge in [-0.25, -0.2) is 8.78 Å². The van der Waals surface area contributed by atoms with Crippen LogP contribution in [0.1, 0.15) is 28.4 Å². The maximum absolute atomic E-state index is 13.8. The summed E-state index contributed by atoms with van der Waals surface area (Å²) < 4.78 is 27.3. The average Bonchev–Trinajstić information content (AvgIpc) is 2.47. The molecule has 0 spiro atoms. The number of hydrogen-bond donors (Lipinski definition) is 1. The topological polar surface area (TPSA) is 29.1 Å². The fraction of sp³-hybridized carbons (Fsp3) is 0.188. The summed E-state index contributed by atoms with van der Waals surface area (Å²) in [4.78, 5) is 13.2. The highest BCUT2D eigenvalue weighted by Gasteiger charge is 2.25. The van der Waals surface area contributed by atoms with Gasteiger partial charge in [0, 0.05) is 10.6 Å². The third kappa shape index (κ3) is 2.96. The van der Waals surface area contributed by atoms with Gasteiger partial charge >= 0.3 is 0 Å². The molecule has 0 bridgehead atoms. The number of benzene rings is 2. The molecule has 6 heteroatoms. The van der Waals surface area contributed by atoms with Crippen LogP contribution >= 0.6 is 23.4 Å². The van der Waals surface area contributed by atoms with Gasteiger partial charge < -0.3 is 5.32 Å². The molecule has 0 aliphatic carbocycles. The Morgan fingerprint density at radius 3 is 2.86 bits per heavy atom. The van der Waals surface area contributed by atoms with Crippen molar-refractivity contribution in [3.05, 3.63) is 64.2 Å². The molecule has 0 saturated carbocycles. The minimum absolute atomic E-state index is 0.0575. The maximum Gasteiger partial charge on any atom is 0.256 e. The van der Waals surface area contributed by atoms with Crippen LogP contribution in [0, 0.1) is 11.6 Å². The Bertz CT molecular complexity index is 718. The SMILES string of the molecule is O=C(NC1CCSc2ccc(F)cc21)c1c(F)cccc1Cl. The van der Waals surface area contributed by atoms with Crippen molar-refractivity contribution >= 4 is 29.3 Å². The smallest absolute Gasteiger partial charge is 0.256 e. The van der Waals surface area contributed by atoms with Crippen LogP contribution in [0.2, 0.25) is 5.02 Å². The van der Waals surface area contributed by atoms with Crippen molar-refractivity contribution < 1.29 is 13.6 Å². The molecule has 1 unspecified atom stereocenters. The normalized spacial score (nSPS) is 17.0. The largest absolute Gasteiger partial charge is 0.345 e. The number of carbonyl (C=O) groups excluding carboxylic acids is 1. The third-order valence-corrected chi connectivity index (χ3v) is 4.94. The third-order valence-electron chi connectivity index (χ3n) is 3.51. The molecule has 0 fully saturated rings. The Labute approximate surface area is 135 Å². The molecule has 0 saturated heterocycles. The molecule has 2 aromatic rings. The van der Waals surface area contributed by atoms with Gasteiger partial charge in [0.2, 0.25) is 0 Å². The van der Waals surface area contributed by atoms with Crippen molar-refractivity contribution in [3.63, 3.8) is 0 Å². The van der Waals surface area contributed by atoms with Gasteiger partial charge in [-0.15, -0.1) is 11.8 Å². The van der Waals surface area contributed by atoms with Crippen LogP contribution in [-0.4, -0.2) is 11.7 Å². The Balaban J connectivity index is 1.89. The molecule has 114 valence electrons. The second-order valence-electron chi connectivity index (χ2n) is 4.94. The van der Waals surface area contributed by atoms with Crippen LogP contribution in [0.5, 0.6) is 0 Å². The van der Waals surface area contributed by atoms with Crippen LogP contribution in [0.4, 0.5) is 8.78 Å². The summed E-state index contributed by atoms with van der Waals surface area (Å²) in [6, 6.07) is 8.24. The summed E-state index contributed by atoms with van der Waals surface area (Å²) in [5.41, 5.74) is 0.539. The van der Waals surface area contributed by atoms with Crippen molar-refractivity contribution in [2.75, 3.05) is 5.75 Å². The van der Waals surface area contributed by atoms with E-state index in [1.165, 1.54) is 30.3 Å². The number of fused-ring (bicyclic) bond motifs is 1. The second-order valence-corrected chi connectivity index (χ2v) is 6.49. The van der Waals surface area contributed by atoms with Crippen LogP contribution in [0.3, 0.4) is 0 Å². The fourth-order valence-electron chi connectivity index (χ4n) is 2.46. The highest BCUT2D eigenvalue weighted by Crippen LogP contribution is 2.36. The molecule has 3 rings (SSSR count). The first-order valence-electron chi connectivity index (χ1n) is 6.73. The Morgan fingerprint density at radius 2 is 2.09 bits per heavy atom. The number of halogens is 3. The maximum atomic E-state index is 13.8. The lowest BCUT2D eigenvalue weighted by atomic mass is 10.0. The summed E-state index contributed by atoms with van der Waals surface area (Å²) in [5, 5.41) is 2.81. The Hall–Kier alpha value is -1.59. The molecule has 22 heavy (non-hydrogen) atoms. The minimum atomic E-state index is -0.672. The van der Waals surface area contributed by atoms with Crippen molar-refractivity contribution in [3.8, 4) is 0 Å². The van der Waals surface area contributed by atoms with E-state index in [4.69, 9.17) is 11.6 Å². The molecule has 0 radical (unpaired) electrons. The van der Waals surface area contributed by atoms with Crippen LogP contribution in [0.15, 0.2) is 41.3 Å². The quantitative estimate of drug-likeness (QED) is 0.867. The molecule has 1 atom stereocenters. The van der Waals surface area contributed by atoms with Crippen molar-refractivity contribution in [1.82, 2.24) is 5.32 Å². The van der Waals surface area contributed by atoms with E-state index >= 15 is 0 Å². The number of rotatable bonds is 2. The van der Waals surface area contributed by atoms with E-state index in [1.54, 1.807) is 17.8 Å². The molecule has 1 aliphatic heterocycles. The number of amides is 1. The van der Waals surface area contributed by atoms with Crippen LogP contribution in [0.25, 0.3) is 0 Å². The summed E-state index contributed by atoms with van der Waals surface area (Å²) in [5.74, 6) is -0.816. The van der Waals surface area contributed by atoms with E-state index in [0.29, 0.717) is 6.42 Å². The van der Waals surface area contributed by atoms with E-state index in [-0.39, 0.29) is 22.4 Å². The van der Waals surface area contributed by atoms with Crippen LogP contribution in [-0.2, 0) is 0 Å². The predicted octanol–water partition coefficient (Wildman–Crippen LogP) is 4.59. The number of nitrogens with one attached hydrogen (secondary N) is 1.